The minimum absolute atomic E-state index is 0.164. The highest BCUT2D eigenvalue weighted by Crippen LogP contribution is 2.40. The summed E-state index contributed by atoms with van der Waals surface area (Å²) in [6.07, 6.45) is 3.74. The molecule has 110 valence electrons. The minimum atomic E-state index is -0.907. The molecule has 0 amide bonds. The standard InChI is InChI=1S/C16H24N2O2/c1-15(2,3)12-8-11(14(19)20)9-13(18-12)17-10-16(4)6-5-7-16/h8-9H,5-7,10H2,1-4H3,(H,17,18)(H,19,20). The van der Waals surface area contributed by atoms with Gasteiger partial charge in [0.15, 0.2) is 0 Å². The number of carboxylic acid groups (broad SMARTS) is 1. The average Bonchev–Trinajstić information content (AvgIpc) is 2.32. The minimum Gasteiger partial charge on any atom is -0.478 e. The molecule has 0 saturated heterocycles. The van der Waals surface area contributed by atoms with E-state index >= 15 is 0 Å². The number of aromatic nitrogens is 1. The van der Waals surface area contributed by atoms with E-state index in [1.807, 2.05) is 20.8 Å². The highest BCUT2D eigenvalue weighted by molar-refractivity contribution is 5.88. The lowest BCUT2D eigenvalue weighted by molar-refractivity contribution is 0.0696. The summed E-state index contributed by atoms with van der Waals surface area (Å²) >= 11 is 0. The fourth-order valence-electron chi connectivity index (χ4n) is 2.39. The van der Waals surface area contributed by atoms with Crippen LogP contribution in [0.4, 0.5) is 5.82 Å². The lowest BCUT2D eigenvalue weighted by Gasteiger charge is -2.38. The first-order valence-electron chi connectivity index (χ1n) is 7.19. The molecular formula is C16H24N2O2. The second-order valence-corrected chi connectivity index (χ2v) is 7.20. The Balaban J connectivity index is 2.22. The van der Waals surface area contributed by atoms with E-state index in [1.165, 1.54) is 19.3 Å². The molecule has 1 aromatic rings. The van der Waals surface area contributed by atoms with E-state index in [9.17, 15) is 9.90 Å². The number of hydrogen-bond donors (Lipinski definition) is 2. The van der Waals surface area contributed by atoms with Gasteiger partial charge in [-0.2, -0.15) is 0 Å². The molecule has 1 heterocycles. The van der Waals surface area contributed by atoms with Crippen LogP contribution in [0.2, 0.25) is 0 Å². The molecule has 20 heavy (non-hydrogen) atoms. The van der Waals surface area contributed by atoms with Gasteiger partial charge in [-0.1, -0.05) is 34.1 Å². The van der Waals surface area contributed by atoms with Gasteiger partial charge in [0.25, 0.3) is 0 Å². The first-order valence-corrected chi connectivity index (χ1v) is 7.19. The van der Waals surface area contributed by atoms with E-state index in [-0.39, 0.29) is 5.41 Å². The molecule has 4 heteroatoms. The van der Waals surface area contributed by atoms with Crippen LogP contribution in [0.1, 0.15) is 63.0 Å². The van der Waals surface area contributed by atoms with Crippen LogP contribution in [0.3, 0.4) is 0 Å². The van der Waals surface area contributed by atoms with Crippen LogP contribution in [0.25, 0.3) is 0 Å². The Morgan fingerprint density at radius 3 is 2.50 bits per heavy atom. The summed E-state index contributed by atoms with van der Waals surface area (Å²) in [5, 5.41) is 12.5. The average molecular weight is 276 g/mol. The maximum Gasteiger partial charge on any atom is 0.335 e. The normalized spacial score (nSPS) is 17.4. The van der Waals surface area contributed by atoms with E-state index in [4.69, 9.17) is 0 Å². The first-order chi connectivity index (χ1) is 9.20. The molecule has 0 spiro atoms. The Bertz CT molecular complexity index is 514. The van der Waals surface area contributed by atoms with Crippen molar-refractivity contribution in [2.75, 3.05) is 11.9 Å². The lowest BCUT2D eigenvalue weighted by atomic mass is 9.70. The smallest absolute Gasteiger partial charge is 0.335 e. The third kappa shape index (κ3) is 3.30. The van der Waals surface area contributed by atoms with Crippen LogP contribution in [0.5, 0.6) is 0 Å². The van der Waals surface area contributed by atoms with Crippen molar-refractivity contribution in [3.63, 3.8) is 0 Å². The van der Waals surface area contributed by atoms with Gasteiger partial charge >= 0.3 is 5.97 Å². The fourth-order valence-corrected chi connectivity index (χ4v) is 2.39. The molecular weight excluding hydrogens is 252 g/mol. The van der Waals surface area contributed by atoms with Crippen molar-refractivity contribution < 1.29 is 9.90 Å². The van der Waals surface area contributed by atoms with Gasteiger partial charge in [0.05, 0.1) is 5.56 Å². The van der Waals surface area contributed by atoms with E-state index in [2.05, 4.69) is 17.2 Å². The van der Waals surface area contributed by atoms with Crippen LogP contribution >= 0.6 is 0 Å². The number of hydrogen-bond acceptors (Lipinski definition) is 3. The molecule has 1 aliphatic carbocycles. The molecule has 0 aromatic carbocycles. The van der Waals surface area contributed by atoms with Gasteiger partial charge in [-0.05, 0) is 30.4 Å². The third-order valence-electron chi connectivity index (χ3n) is 4.10. The van der Waals surface area contributed by atoms with Crippen LogP contribution in [0.15, 0.2) is 12.1 Å². The van der Waals surface area contributed by atoms with Gasteiger partial charge in [-0.15, -0.1) is 0 Å². The number of carbonyl (C=O) groups is 1. The van der Waals surface area contributed by atoms with Crippen molar-refractivity contribution in [2.24, 2.45) is 5.41 Å². The van der Waals surface area contributed by atoms with Crippen molar-refractivity contribution in [1.82, 2.24) is 4.98 Å². The number of rotatable bonds is 4. The van der Waals surface area contributed by atoms with Gasteiger partial charge < -0.3 is 10.4 Å². The lowest BCUT2D eigenvalue weighted by Crippen LogP contribution is -2.33. The maximum absolute atomic E-state index is 11.2. The third-order valence-corrected chi connectivity index (χ3v) is 4.10. The molecule has 0 bridgehead atoms. The van der Waals surface area contributed by atoms with E-state index in [0.717, 1.165) is 12.2 Å². The predicted molar refractivity (Wildman–Crippen MR) is 80.3 cm³/mol. The van der Waals surface area contributed by atoms with Gasteiger partial charge in [0.2, 0.25) is 0 Å². The van der Waals surface area contributed by atoms with Gasteiger partial charge in [-0.3, -0.25) is 0 Å². The molecule has 2 rings (SSSR count). The maximum atomic E-state index is 11.2. The molecule has 0 radical (unpaired) electrons. The zero-order valence-corrected chi connectivity index (χ0v) is 12.8. The second kappa shape index (κ2) is 5.08. The molecule has 1 aliphatic rings. The highest BCUT2D eigenvalue weighted by Gasteiger charge is 2.31. The van der Waals surface area contributed by atoms with Gasteiger partial charge in [-0.25, -0.2) is 9.78 Å². The zero-order valence-electron chi connectivity index (χ0n) is 12.8. The van der Waals surface area contributed by atoms with Crippen molar-refractivity contribution in [3.8, 4) is 0 Å². The van der Waals surface area contributed by atoms with Gasteiger partial charge in [0, 0.05) is 17.7 Å². The summed E-state index contributed by atoms with van der Waals surface area (Å²) in [6.45, 7) is 9.23. The monoisotopic (exact) mass is 276 g/mol. The molecule has 1 saturated carbocycles. The highest BCUT2D eigenvalue weighted by atomic mass is 16.4. The Kier molecular flexibility index (Phi) is 3.76. The topological polar surface area (TPSA) is 62.2 Å². The summed E-state index contributed by atoms with van der Waals surface area (Å²) in [7, 11) is 0. The van der Waals surface area contributed by atoms with Gasteiger partial charge in [0.1, 0.15) is 5.82 Å². The molecule has 0 unspecified atom stereocenters. The summed E-state index contributed by atoms with van der Waals surface area (Å²) in [4.78, 5) is 15.8. The van der Waals surface area contributed by atoms with Crippen LogP contribution < -0.4 is 5.32 Å². The molecule has 1 aromatic heterocycles. The number of anilines is 1. The zero-order chi connectivity index (χ0) is 15.0. The number of carboxylic acids is 1. The van der Waals surface area contributed by atoms with E-state index in [1.54, 1.807) is 12.1 Å². The fraction of sp³-hybridized carbons (Fsp3) is 0.625. The van der Waals surface area contributed by atoms with Crippen LogP contribution in [-0.4, -0.2) is 22.6 Å². The summed E-state index contributed by atoms with van der Waals surface area (Å²) in [5.41, 5.74) is 1.27. The summed E-state index contributed by atoms with van der Waals surface area (Å²) < 4.78 is 0. The van der Waals surface area contributed by atoms with Crippen LogP contribution in [-0.2, 0) is 5.41 Å². The molecule has 2 N–H and O–H groups in total. The second-order valence-electron chi connectivity index (χ2n) is 7.20. The predicted octanol–water partition coefficient (Wildman–Crippen LogP) is 3.68. The quantitative estimate of drug-likeness (QED) is 0.880. The van der Waals surface area contributed by atoms with Crippen molar-refractivity contribution in [2.45, 2.75) is 52.4 Å². The number of aromatic carboxylic acids is 1. The van der Waals surface area contributed by atoms with Crippen molar-refractivity contribution in [3.05, 3.63) is 23.4 Å². The Labute approximate surface area is 120 Å². The largest absolute Gasteiger partial charge is 0.478 e. The Hall–Kier alpha value is -1.58. The Morgan fingerprint density at radius 1 is 1.40 bits per heavy atom. The van der Waals surface area contributed by atoms with E-state index in [0.29, 0.717) is 16.8 Å². The van der Waals surface area contributed by atoms with E-state index < -0.39 is 5.97 Å². The summed E-state index contributed by atoms with van der Waals surface area (Å²) in [6, 6.07) is 3.29. The summed E-state index contributed by atoms with van der Waals surface area (Å²) in [5.74, 6) is -0.237. The molecule has 0 atom stereocenters. The molecule has 1 fully saturated rings. The number of nitrogens with one attached hydrogen (secondary N) is 1. The number of nitrogens with zero attached hydrogens (tertiary/aromatic N) is 1. The SMILES string of the molecule is CC1(CNc2cc(C(=O)O)cc(C(C)(C)C)n2)CCC1. The first kappa shape index (κ1) is 14.8. The molecule has 4 nitrogen and oxygen atoms in total. The number of pyridine rings is 1. The van der Waals surface area contributed by atoms with Crippen LogP contribution in [0, 0.1) is 5.41 Å². The Morgan fingerprint density at radius 2 is 2.05 bits per heavy atom. The van der Waals surface area contributed by atoms with Crippen molar-refractivity contribution >= 4 is 11.8 Å². The molecule has 0 aliphatic heterocycles. The van der Waals surface area contributed by atoms with Crippen molar-refractivity contribution in [1.29, 1.82) is 0 Å².